The van der Waals surface area contributed by atoms with Crippen molar-refractivity contribution in [1.29, 1.82) is 0 Å². The first-order valence-electron chi connectivity index (χ1n) is 8.76. The van der Waals surface area contributed by atoms with Gasteiger partial charge in [-0.25, -0.2) is 0 Å². The minimum atomic E-state index is -0.373. The summed E-state index contributed by atoms with van der Waals surface area (Å²) >= 11 is 0. The average Bonchev–Trinajstić information content (AvgIpc) is 3.00. The molecule has 0 radical (unpaired) electrons. The van der Waals surface area contributed by atoms with Gasteiger partial charge in [-0.3, -0.25) is 9.59 Å². The van der Waals surface area contributed by atoms with Gasteiger partial charge in [-0.15, -0.1) is 0 Å². The summed E-state index contributed by atoms with van der Waals surface area (Å²) in [5.41, 5.74) is 2.00. The van der Waals surface area contributed by atoms with E-state index in [0.29, 0.717) is 13.1 Å². The van der Waals surface area contributed by atoms with E-state index in [0.717, 1.165) is 30.4 Å². The van der Waals surface area contributed by atoms with Crippen LogP contribution in [0.15, 0.2) is 47.4 Å². The van der Waals surface area contributed by atoms with Gasteiger partial charge in [-0.05, 0) is 37.5 Å². The molecular weight excluding hydrogens is 316 g/mol. The van der Waals surface area contributed by atoms with E-state index in [1.54, 1.807) is 22.9 Å². The number of aliphatic hydroxyl groups excluding tert-OH is 1. The number of benzene rings is 1. The number of aryl methyl sites for hydroxylation is 1. The molecule has 1 fully saturated rings. The Morgan fingerprint density at radius 2 is 2.12 bits per heavy atom. The highest BCUT2D eigenvalue weighted by molar-refractivity contribution is 5.93. The number of nitrogens with one attached hydrogen (secondary N) is 1. The number of nitrogens with zero attached hydrogens (tertiary/aromatic N) is 1. The molecular formula is C20H24N2O3. The van der Waals surface area contributed by atoms with E-state index in [-0.39, 0.29) is 29.1 Å². The van der Waals surface area contributed by atoms with Crippen LogP contribution < -0.4 is 10.9 Å². The standard InChI is InChI=1S/C20H24N2O3/c1-14-5-2-6-15(11-14)13-22-10-4-8-17(20(22)25)19(24)21-12-16-7-3-9-18(16)23/h2,4-6,8,10-11,16,18,23H,3,7,9,12-13H2,1H3,(H,21,24). The van der Waals surface area contributed by atoms with Gasteiger partial charge in [-0.2, -0.15) is 0 Å². The van der Waals surface area contributed by atoms with Crippen LogP contribution >= 0.6 is 0 Å². The number of aromatic nitrogens is 1. The van der Waals surface area contributed by atoms with Crippen LogP contribution in [-0.4, -0.2) is 28.2 Å². The predicted octanol–water partition coefficient (Wildman–Crippen LogP) is 2.10. The van der Waals surface area contributed by atoms with Crippen LogP contribution in [0, 0.1) is 12.8 Å². The highest BCUT2D eigenvalue weighted by atomic mass is 16.3. The van der Waals surface area contributed by atoms with Crippen molar-refractivity contribution in [3.8, 4) is 0 Å². The minimum absolute atomic E-state index is 0.0854. The molecule has 25 heavy (non-hydrogen) atoms. The van der Waals surface area contributed by atoms with Crippen molar-refractivity contribution in [2.24, 2.45) is 5.92 Å². The molecule has 2 N–H and O–H groups in total. The largest absolute Gasteiger partial charge is 0.393 e. The van der Waals surface area contributed by atoms with E-state index in [1.165, 1.54) is 0 Å². The number of carbonyl (C=O) groups excluding carboxylic acids is 1. The molecule has 0 spiro atoms. The molecule has 1 heterocycles. The lowest BCUT2D eigenvalue weighted by atomic mass is 10.1. The second-order valence-corrected chi connectivity index (χ2v) is 6.81. The topological polar surface area (TPSA) is 71.3 Å². The smallest absolute Gasteiger partial charge is 0.263 e. The molecule has 1 aliphatic rings. The fourth-order valence-corrected chi connectivity index (χ4v) is 3.42. The maximum absolute atomic E-state index is 12.6. The fraction of sp³-hybridized carbons (Fsp3) is 0.400. The summed E-state index contributed by atoms with van der Waals surface area (Å²) in [6.07, 6.45) is 4.02. The third kappa shape index (κ3) is 4.17. The lowest BCUT2D eigenvalue weighted by Crippen LogP contribution is -2.36. The summed E-state index contributed by atoms with van der Waals surface area (Å²) in [6, 6.07) is 11.2. The first kappa shape index (κ1) is 17.4. The van der Waals surface area contributed by atoms with Gasteiger partial charge in [0.05, 0.1) is 12.6 Å². The Labute approximate surface area is 147 Å². The molecule has 1 saturated carbocycles. The van der Waals surface area contributed by atoms with Crippen LogP contribution in [-0.2, 0) is 6.54 Å². The van der Waals surface area contributed by atoms with Crippen LogP contribution in [0.5, 0.6) is 0 Å². The molecule has 1 aliphatic carbocycles. The third-order valence-electron chi connectivity index (χ3n) is 4.84. The Balaban J connectivity index is 1.71. The van der Waals surface area contributed by atoms with Crippen molar-refractivity contribution in [3.63, 3.8) is 0 Å². The van der Waals surface area contributed by atoms with E-state index >= 15 is 0 Å². The first-order valence-corrected chi connectivity index (χ1v) is 8.76. The maximum Gasteiger partial charge on any atom is 0.263 e. The minimum Gasteiger partial charge on any atom is -0.393 e. The lowest BCUT2D eigenvalue weighted by molar-refractivity contribution is 0.0915. The van der Waals surface area contributed by atoms with Crippen LogP contribution in [0.25, 0.3) is 0 Å². The van der Waals surface area contributed by atoms with Crippen LogP contribution in [0.3, 0.4) is 0 Å². The summed E-state index contributed by atoms with van der Waals surface area (Å²) in [5.74, 6) is -0.287. The van der Waals surface area contributed by atoms with E-state index < -0.39 is 0 Å². The molecule has 0 bridgehead atoms. The number of rotatable bonds is 5. The van der Waals surface area contributed by atoms with E-state index in [2.05, 4.69) is 5.32 Å². The quantitative estimate of drug-likeness (QED) is 0.875. The number of aliphatic hydroxyl groups is 1. The van der Waals surface area contributed by atoms with Crippen LogP contribution in [0.4, 0.5) is 0 Å². The summed E-state index contributed by atoms with van der Waals surface area (Å²) in [6.45, 7) is 2.85. The Morgan fingerprint density at radius 1 is 1.28 bits per heavy atom. The monoisotopic (exact) mass is 340 g/mol. The molecule has 1 aromatic heterocycles. The first-order chi connectivity index (χ1) is 12.0. The fourth-order valence-electron chi connectivity index (χ4n) is 3.42. The van der Waals surface area contributed by atoms with Gasteiger partial charge in [0.2, 0.25) is 0 Å². The van der Waals surface area contributed by atoms with E-state index in [4.69, 9.17) is 0 Å². The van der Waals surface area contributed by atoms with Gasteiger partial charge in [0.25, 0.3) is 11.5 Å². The molecule has 2 atom stereocenters. The third-order valence-corrected chi connectivity index (χ3v) is 4.84. The Hall–Kier alpha value is -2.40. The summed E-state index contributed by atoms with van der Waals surface area (Å²) in [7, 11) is 0. The van der Waals surface area contributed by atoms with Gasteiger partial charge in [0, 0.05) is 18.7 Å². The molecule has 2 aromatic rings. The normalized spacial score (nSPS) is 19.8. The van der Waals surface area contributed by atoms with Crippen molar-refractivity contribution in [2.45, 2.75) is 38.8 Å². The second-order valence-electron chi connectivity index (χ2n) is 6.81. The van der Waals surface area contributed by atoms with E-state index in [9.17, 15) is 14.7 Å². The molecule has 0 aliphatic heterocycles. The van der Waals surface area contributed by atoms with Crippen molar-refractivity contribution in [2.75, 3.05) is 6.54 Å². The maximum atomic E-state index is 12.6. The van der Waals surface area contributed by atoms with Crippen molar-refractivity contribution >= 4 is 5.91 Å². The van der Waals surface area contributed by atoms with Crippen LogP contribution in [0.2, 0.25) is 0 Å². The number of pyridine rings is 1. The summed E-state index contributed by atoms with van der Waals surface area (Å²) < 4.78 is 1.55. The number of amides is 1. The highest BCUT2D eigenvalue weighted by Crippen LogP contribution is 2.24. The highest BCUT2D eigenvalue weighted by Gasteiger charge is 2.25. The molecule has 5 heteroatoms. The van der Waals surface area contributed by atoms with Crippen LogP contribution in [0.1, 0.15) is 40.7 Å². The zero-order valence-electron chi connectivity index (χ0n) is 14.4. The Morgan fingerprint density at radius 3 is 2.84 bits per heavy atom. The summed E-state index contributed by atoms with van der Waals surface area (Å²) in [4.78, 5) is 25.0. The molecule has 3 rings (SSSR count). The lowest BCUT2D eigenvalue weighted by Gasteiger charge is -2.15. The van der Waals surface area contributed by atoms with Gasteiger partial charge in [0.15, 0.2) is 0 Å². The predicted molar refractivity (Wildman–Crippen MR) is 96.7 cm³/mol. The Kier molecular flexibility index (Phi) is 5.34. The summed E-state index contributed by atoms with van der Waals surface area (Å²) in [5, 5.41) is 12.6. The molecule has 0 saturated heterocycles. The zero-order chi connectivity index (χ0) is 17.8. The van der Waals surface area contributed by atoms with Gasteiger partial charge < -0.3 is 15.0 Å². The molecule has 1 aromatic carbocycles. The number of carbonyl (C=O) groups is 1. The van der Waals surface area contributed by atoms with Gasteiger partial charge in [0.1, 0.15) is 5.56 Å². The van der Waals surface area contributed by atoms with E-state index in [1.807, 2.05) is 31.2 Å². The molecule has 2 unspecified atom stereocenters. The molecule has 5 nitrogen and oxygen atoms in total. The van der Waals surface area contributed by atoms with Crippen molar-refractivity contribution in [3.05, 3.63) is 69.6 Å². The number of hydrogen-bond donors (Lipinski definition) is 2. The average molecular weight is 340 g/mol. The Bertz CT molecular complexity index is 813. The SMILES string of the molecule is Cc1cccc(Cn2cccc(C(=O)NCC3CCCC3O)c2=O)c1. The zero-order valence-corrected chi connectivity index (χ0v) is 14.4. The second kappa shape index (κ2) is 7.66. The van der Waals surface area contributed by atoms with Crippen molar-refractivity contribution in [1.82, 2.24) is 9.88 Å². The number of hydrogen-bond acceptors (Lipinski definition) is 3. The molecule has 1 amide bonds. The molecule has 132 valence electrons. The van der Waals surface area contributed by atoms with Gasteiger partial charge in [-0.1, -0.05) is 36.2 Å². The van der Waals surface area contributed by atoms with Crippen molar-refractivity contribution < 1.29 is 9.90 Å². The van der Waals surface area contributed by atoms with Gasteiger partial charge >= 0.3 is 0 Å².